The molecule has 3 aliphatic rings. The molecule has 2 aromatic rings. The lowest BCUT2D eigenvalue weighted by Crippen LogP contribution is -2.55. The van der Waals surface area contributed by atoms with Gasteiger partial charge in [0, 0.05) is 23.3 Å². The van der Waals surface area contributed by atoms with Crippen LogP contribution in [-0.4, -0.2) is 39.0 Å². The third-order valence-electron chi connectivity index (χ3n) is 6.99. The second-order valence-corrected chi connectivity index (χ2v) is 10.2. The zero-order chi connectivity index (χ0) is 21.6. The van der Waals surface area contributed by atoms with E-state index in [9.17, 15) is 5.26 Å². The molecule has 2 atom stereocenters. The number of hydrogen-bond donors (Lipinski definition) is 2. The molecule has 0 radical (unpaired) electrons. The van der Waals surface area contributed by atoms with Gasteiger partial charge in [-0.2, -0.15) is 10.2 Å². The maximum absolute atomic E-state index is 9.52. The molecule has 31 heavy (non-hydrogen) atoms. The van der Waals surface area contributed by atoms with E-state index in [-0.39, 0.29) is 5.54 Å². The molecule has 7 heteroatoms. The van der Waals surface area contributed by atoms with E-state index in [1.54, 1.807) is 6.20 Å². The molecular formula is C24H29ClN6. The number of benzene rings is 1. The summed E-state index contributed by atoms with van der Waals surface area (Å²) in [5, 5.41) is 16.9. The Morgan fingerprint density at radius 1 is 1.26 bits per heavy atom. The Balaban J connectivity index is 1.32. The molecule has 162 valence electrons. The van der Waals surface area contributed by atoms with Crippen molar-refractivity contribution in [3.63, 3.8) is 0 Å². The van der Waals surface area contributed by atoms with Gasteiger partial charge in [0.05, 0.1) is 17.8 Å². The van der Waals surface area contributed by atoms with E-state index in [0.29, 0.717) is 34.8 Å². The number of fused-ring (bicyclic) bond motifs is 1. The monoisotopic (exact) mass is 436 g/mol. The van der Waals surface area contributed by atoms with Gasteiger partial charge in [-0.05, 0) is 82.5 Å². The van der Waals surface area contributed by atoms with Crippen LogP contribution in [-0.2, 0) is 0 Å². The van der Waals surface area contributed by atoms with Crippen molar-refractivity contribution in [1.29, 1.82) is 5.26 Å². The summed E-state index contributed by atoms with van der Waals surface area (Å²) in [5.41, 5.74) is 2.86. The average molecular weight is 437 g/mol. The van der Waals surface area contributed by atoms with Crippen LogP contribution in [0.5, 0.6) is 0 Å². The zero-order valence-electron chi connectivity index (χ0n) is 18.2. The van der Waals surface area contributed by atoms with Crippen molar-refractivity contribution < 1.29 is 0 Å². The van der Waals surface area contributed by atoms with Crippen molar-refractivity contribution in [2.75, 3.05) is 17.2 Å². The molecular weight excluding hydrogens is 408 g/mol. The molecule has 2 aliphatic heterocycles. The number of nitrogens with zero attached hydrogens (tertiary/aromatic N) is 4. The third kappa shape index (κ3) is 4.22. The summed E-state index contributed by atoms with van der Waals surface area (Å²) in [6.07, 6.45) is 8.71. The maximum Gasteiger partial charge on any atom is 0.229 e. The molecule has 1 saturated carbocycles. The van der Waals surface area contributed by atoms with Crippen LogP contribution in [0.25, 0.3) is 0 Å². The fraction of sp³-hybridized carbons (Fsp3) is 0.542. The molecule has 2 saturated heterocycles. The minimum atomic E-state index is 0.175. The predicted molar refractivity (Wildman–Crippen MR) is 124 cm³/mol. The lowest BCUT2D eigenvalue weighted by Gasteiger charge is -2.47. The Kier molecular flexibility index (Phi) is 5.27. The van der Waals surface area contributed by atoms with E-state index in [2.05, 4.69) is 45.4 Å². The minimum absolute atomic E-state index is 0.175. The quantitative estimate of drug-likeness (QED) is 0.649. The van der Waals surface area contributed by atoms with Crippen LogP contribution < -0.4 is 10.6 Å². The van der Waals surface area contributed by atoms with Gasteiger partial charge in [-0.25, -0.2) is 4.98 Å². The fourth-order valence-corrected chi connectivity index (χ4v) is 5.60. The molecule has 3 fully saturated rings. The Labute approximate surface area is 189 Å². The van der Waals surface area contributed by atoms with Crippen LogP contribution in [0.3, 0.4) is 0 Å². The molecule has 1 aliphatic carbocycles. The van der Waals surface area contributed by atoms with Crippen molar-refractivity contribution in [3.05, 3.63) is 40.5 Å². The first kappa shape index (κ1) is 20.5. The highest BCUT2D eigenvalue weighted by molar-refractivity contribution is 6.32. The second-order valence-electron chi connectivity index (χ2n) is 9.79. The topological polar surface area (TPSA) is 76.9 Å². The van der Waals surface area contributed by atoms with Gasteiger partial charge in [0.15, 0.2) is 5.82 Å². The Morgan fingerprint density at radius 3 is 2.87 bits per heavy atom. The molecule has 5 rings (SSSR count). The Morgan fingerprint density at radius 2 is 2.10 bits per heavy atom. The van der Waals surface area contributed by atoms with Gasteiger partial charge in [-0.1, -0.05) is 17.7 Å². The molecule has 1 aromatic heterocycles. The van der Waals surface area contributed by atoms with Crippen LogP contribution in [0, 0.1) is 11.3 Å². The standard InChI is InChI=1S/C24H29ClN6/c1-24(2)12-18(11-19-4-3-9-31(19)24)28-22-21(25)14-27-23(30-22)29-17-7-8-20(15-5-6-15)16(10-17)13-26/h7-8,10,14-15,18-19H,3-6,9,11-12H2,1-2H3,(H2,27,28,29,30)/t18-,19+/m1/s1. The SMILES string of the molecule is CC1(C)C[C@H](Nc2nc(Nc3ccc(C4CC4)c(C#N)c3)ncc2Cl)C[C@@H]2CCCN21. The predicted octanol–water partition coefficient (Wildman–Crippen LogP) is 5.44. The van der Waals surface area contributed by atoms with E-state index in [1.807, 2.05) is 18.2 Å². The first-order chi connectivity index (χ1) is 14.9. The number of aromatic nitrogens is 2. The van der Waals surface area contributed by atoms with E-state index < -0.39 is 0 Å². The first-order valence-corrected chi connectivity index (χ1v) is 11.7. The maximum atomic E-state index is 9.52. The number of piperidine rings is 1. The lowest BCUT2D eigenvalue weighted by molar-refractivity contribution is 0.0501. The van der Waals surface area contributed by atoms with E-state index in [4.69, 9.17) is 11.6 Å². The molecule has 1 aromatic carbocycles. The highest BCUT2D eigenvalue weighted by atomic mass is 35.5. The molecule has 0 amide bonds. The summed E-state index contributed by atoms with van der Waals surface area (Å²) in [7, 11) is 0. The molecule has 3 heterocycles. The van der Waals surface area contributed by atoms with Gasteiger partial charge in [0.2, 0.25) is 5.95 Å². The largest absolute Gasteiger partial charge is 0.366 e. The first-order valence-electron chi connectivity index (χ1n) is 11.3. The summed E-state index contributed by atoms with van der Waals surface area (Å²) < 4.78 is 0. The van der Waals surface area contributed by atoms with Crippen LogP contribution in [0.4, 0.5) is 17.5 Å². The van der Waals surface area contributed by atoms with Gasteiger partial charge in [-0.15, -0.1) is 0 Å². The second kappa shape index (κ2) is 7.96. The third-order valence-corrected chi connectivity index (χ3v) is 7.27. The number of nitriles is 1. The van der Waals surface area contributed by atoms with Crippen molar-refractivity contribution in [2.45, 2.75) is 75.9 Å². The van der Waals surface area contributed by atoms with Crippen LogP contribution in [0.2, 0.25) is 5.02 Å². The number of hydrogen-bond acceptors (Lipinski definition) is 6. The van der Waals surface area contributed by atoms with Crippen LogP contribution in [0.15, 0.2) is 24.4 Å². The van der Waals surface area contributed by atoms with E-state index in [1.165, 1.54) is 32.2 Å². The summed E-state index contributed by atoms with van der Waals surface area (Å²) in [5.74, 6) is 1.69. The Bertz CT molecular complexity index is 1030. The number of nitrogens with one attached hydrogen (secondary N) is 2. The van der Waals surface area contributed by atoms with Crippen molar-refractivity contribution in [2.24, 2.45) is 0 Å². The summed E-state index contributed by atoms with van der Waals surface area (Å²) in [6, 6.07) is 9.22. The Hall–Kier alpha value is -2.36. The van der Waals surface area contributed by atoms with Crippen molar-refractivity contribution in [1.82, 2.24) is 14.9 Å². The molecule has 6 nitrogen and oxygen atoms in total. The number of anilines is 3. The number of halogens is 1. The van der Waals surface area contributed by atoms with Gasteiger partial charge < -0.3 is 10.6 Å². The average Bonchev–Trinajstić information content (AvgIpc) is 3.46. The summed E-state index contributed by atoms with van der Waals surface area (Å²) >= 11 is 6.44. The number of rotatable bonds is 5. The van der Waals surface area contributed by atoms with Crippen LogP contribution in [0.1, 0.15) is 69.4 Å². The highest BCUT2D eigenvalue weighted by Crippen LogP contribution is 2.42. The highest BCUT2D eigenvalue weighted by Gasteiger charge is 2.43. The van der Waals surface area contributed by atoms with Gasteiger partial charge in [0.1, 0.15) is 5.02 Å². The summed E-state index contributed by atoms with van der Waals surface area (Å²) in [6.45, 7) is 5.88. The van der Waals surface area contributed by atoms with Gasteiger partial charge in [0.25, 0.3) is 0 Å². The smallest absolute Gasteiger partial charge is 0.229 e. The normalized spacial score (nSPS) is 25.0. The van der Waals surface area contributed by atoms with Crippen molar-refractivity contribution >= 4 is 29.1 Å². The van der Waals surface area contributed by atoms with E-state index >= 15 is 0 Å². The molecule has 2 N–H and O–H groups in total. The minimum Gasteiger partial charge on any atom is -0.366 e. The lowest BCUT2D eigenvalue weighted by atomic mass is 9.84. The molecule has 0 spiro atoms. The van der Waals surface area contributed by atoms with E-state index in [0.717, 1.165) is 29.7 Å². The van der Waals surface area contributed by atoms with Crippen LogP contribution >= 0.6 is 11.6 Å². The van der Waals surface area contributed by atoms with Gasteiger partial charge >= 0.3 is 0 Å². The van der Waals surface area contributed by atoms with Crippen molar-refractivity contribution in [3.8, 4) is 6.07 Å². The summed E-state index contributed by atoms with van der Waals surface area (Å²) in [4.78, 5) is 11.7. The zero-order valence-corrected chi connectivity index (χ0v) is 18.9. The fourth-order valence-electron chi connectivity index (χ4n) is 5.45. The molecule has 0 bridgehead atoms. The van der Waals surface area contributed by atoms with Gasteiger partial charge in [-0.3, -0.25) is 4.90 Å². The molecule has 0 unspecified atom stereocenters.